The molecule has 3 aromatic rings. The summed E-state index contributed by atoms with van der Waals surface area (Å²) >= 11 is 5.56. The lowest BCUT2D eigenvalue weighted by Gasteiger charge is -2.18. The second-order valence-corrected chi connectivity index (χ2v) is 7.31. The zero-order chi connectivity index (χ0) is 14.8. The van der Waals surface area contributed by atoms with E-state index in [1.165, 1.54) is 30.6 Å². The Hall–Kier alpha value is -1.16. The zero-order valence-corrected chi connectivity index (χ0v) is 14.6. The van der Waals surface area contributed by atoms with E-state index in [9.17, 15) is 0 Å². The maximum absolute atomic E-state index is 3.71. The van der Waals surface area contributed by atoms with Gasteiger partial charge in [-0.15, -0.1) is 11.3 Å². The normalized spacial score (nSPS) is 12.7. The Bertz CT molecular complexity index is 763. The number of rotatable bonds is 4. The standard InChI is InChI=1S/C18H18BrNS/c1-3-20-17(18-16(19)10-12(2)21-18)15-9-8-13-6-4-5-7-14(13)11-15/h4-11,17,20H,3H2,1-2H3. The summed E-state index contributed by atoms with van der Waals surface area (Å²) in [6, 6.07) is 17.7. The Morgan fingerprint density at radius 2 is 1.86 bits per heavy atom. The third kappa shape index (κ3) is 3.05. The van der Waals surface area contributed by atoms with Gasteiger partial charge < -0.3 is 5.32 Å². The molecule has 1 nitrogen and oxygen atoms in total. The van der Waals surface area contributed by atoms with Crippen molar-refractivity contribution in [1.29, 1.82) is 0 Å². The molecule has 0 bridgehead atoms. The summed E-state index contributed by atoms with van der Waals surface area (Å²) in [5.41, 5.74) is 1.32. The van der Waals surface area contributed by atoms with E-state index in [2.05, 4.69) is 83.6 Å². The topological polar surface area (TPSA) is 12.0 Å². The van der Waals surface area contributed by atoms with Gasteiger partial charge in [0.05, 0.1) is 6.04 Å². The predicted molar refractivity (Wildman–Crippen MR) is 96.2 cm³/mol. The quantitative estimate of drug-likeness (QED) is 0.632. The Morgan fingerprint density at radius 3 is 2.52 bits per heavy atom. The molecule has 2 aromatic carbocycles. The molecule has 0 aliphatic carbocycles. The van der Waals surface area contributed by atoms with Crippen LogP contribution in [-0.2, 0) is 0 Å². The first-order chi connectivity index (χ1) is 10.2. The third-order valence-electron chi connectivity index (χ3n) is 3.61. The number of benzene rings is 2. The van der Waals surface area contributed by atoms with Crippen molar-refractivity contribution in [2.24, 2.45) is 0 Å². The molecule has 1 heterocycles. The zero-order valence-electron chi connectivity index (χ0n) is 12.2. The Kier molecular flexibility index (Phi) is 4.43. The molecule has 3 rings (SSSR count). The minimum Gasteiger partial charge on any atom is -0.306 e. The summed E-state index contributed by atoms with van der Waals surface area (Å²) in [4.78, 5) is 2.69. The summed E-state index contributed by atoms with van der Waals surface area (Å²) in [5, 5.41) is 6.20. The van der Waals surface area contributed by atoms with Gasteiger partial charge in [-0.3, -0.25) is 0 Å². The molecule has 21 heavy (non-hydrogen) atoms. The van der Waals surface area contributed by atoms with Crippen LogP contribution in [0.15, 0.2) is 53.0 Å². The van der Waals surface area contributed by atoms with Crippen molar-refractivity contribution in [2.45, 2.75) is 19.9 Å². The molecule has 0 amide bonds. The highest BCUT2D eigenvalue weighted by Crippen LogP contribution is 2.36. The molecule has 0 spiro atoms. The molecule has 0 aliphatic heterocycles. The molecule has 0 saturated heterocycles. The van der Waals surface area contributed by atoms with Gasteiger partial charge in [0.25, 0.3) is 0 Å². The third-order valence-corrected chi connectivity index (χ3v) is 5.65. The lowest BCUT2D eigenvalue weighted by Crippen LogP contribution is -2.21. The molecule has 3 heteroatoms. The molecular formula is C18H18BrNS. The van der Waals surface area contributed by atoms with Crippen LogP contribution in [0.5, 0.6) is 0 Å². The van der Waals surface area contributed by atoms with E-state index in [4.69, 9.17) is 0 Å². The molecule has 108 valence electrons. The van der Waals surface area contributed by atoms with Crippen molar-refractivity contribution in [3.05, 3.63) is 68.3 Å². The van der Waals surface area contributed by atoms with Crippen LogP contribution in [0.3, 0.4) is 0 Å². The minimum atomic E-state index is 0.243. The van der Waals surface area contributed by atoms with Crippen LogP contribution in [0, 0.1) is 6.92 Å². The fourth-order valence-electron chi connectivity index (χ4n) is 2.65. The van der Waals surface area contributed by atoms with Gasteiger partial charge in [-0.1, -0.05) is 43.3 Å². The van der Waals surface area contributed by atoms with E-state index in [0.717, 1.165) is 6.54 Å². The highest BCUT2D eigenvalue weighted by Gasteiger charge is 2.18. The van der Waals surface area contributed by atoms with E-state index >= 15 is 0 Å². The number of halogens is 1. The van der Waals surface area contributed by atoms with Gasteiger partial charge in [-0.25, -0.2) is 0 Å². The maximum atomic E-state index is 3.71. The van der Waals surface area contributed by atoms with Crippen molar-refractivity contribution < 1.29 is 0 Å². The molecule has 0 saturated carbocycles. The first-order valence-corrected chi connectivity index (χ1v) is 8.78. The van der Waals surface area contributed by atoms with Crippen LogP contribution >= 0.6 is 27.3 Å². The molecule has 1 N–H and O–H groups in total. The number of hydrogen-bond donors (Lipinski definition) is 1. The van der Waals surface area contributed by atoms with Gasteiger partial charge in [0, 0.05) is 14.2 Å². The van der Waals surface area contributed by atoms with Gasteiger partial charge >= 0.3 is 0 Å². The van der Waals surface area contributed by atoms with Gasteiger partial charge in [-0.2, -0.15) is 0 Å². The Labute approximate surface area is 138 Å². The fourth-order valence-corrected chi connectivity index (χ4v) is 4.64. The van der Waals surface area contributed by atoms with E-state index in [1.54, 1.807) is 0 Å². The Balaban J connectivity index is 2.08. The van der Waals surface area contributed by atoms with Crippen molar-refractivity contribution in [3.63, 3.8) is 0 Å². The van der Waals surface area contributed by atoms with E-state index in [-0.39, 0.29) is 6.04 Å². The molecule has 0 fully saturated rings. The molecule has 1 unspecified atom stereocenters. The van der Waals surface area contributed by atoms with Crippen molar-refractivity contribution in [3.8, 4) is 0 Å². The molecular weight excluding hydrogens is 342 g/mol. The molecule has 0 radical (unpaired) electrons. The molecule has 0 aliphatic rings. The number of thiophene rings is 1. The second-order valence-electron chi connectivity index (χ2n) is 5.17. The lowest BCUT2D eigenvalue weighted by atomic mass is 10.0. The number of hydrogen-bond acceptors (Lipinski definition) is 2. The number of fused-ring (bicyclic) bond motifs is 1. The van der Waals surface area contributed by atoms with Gasteiger partial charge in [-0.05, 0) is 57.9 Å². The molecule has 1 atom stereocenters. The summed E-state index contributed by atoms with van der Waals surface area (Å²) in [6.07, 6.45) is 0. The SMILES string of the molecule is CCNC(c1ccc2ccccc2c1)c1sc(C)cc1Br. The minimum absolute atomic E-state index is 0.243. The van der Waals surface area contributed by atoms with Crippen LogP contribution in [0.25, 0.3) is 10.8 Å². The van der Waals surface area contributed by atoms with Gasteiger partial charge in [0.2, 0.25) is 0 Å². The van der Waals surface area contributed by atoms with E-state index in [0.29, 0.717) is 0 Å². The summed E-state index contributed by atoms with van der Waals surface area (Å²) in [6.45, 7) is 5.26. The summed E-state index contributed by atoms with van der Waals surface area (Å²) < 4.78 is 1.20. The van der Waals surface area contributed by atoms with E-state index < -0.39 is 0 Å². The van der Waals surface area contributed by atoms with Crippen LogP contribution in [-0.4, -0.2) is 6.54 Å². The first-order valence-electron chi connectivity index (χ1n) is 7.17. The van der Waals surface area contributed by atoms with Crippen LogP contribution < -0.4 is 5.32 Å². The Morgan fingerprint density at radius 1 is 1.10 bits per heavy atom. The van der Waals surface area contributed by atoms with Crippen molar-refractivity contribution >= 4 is 38.0 Å². The predicted octanol–water partition coefficient (Wildman–Crippen LogP) is 5.67. The van der Waals surface area contributed by atoms with Crippen LogP contribution in [0.2, 0.25) is 0 Å². The first kappa shape index (κ1) is 14.8. The van der Waals surface area contributed by atoms with E-state index in [1.807, 2.05) is 11.3 Å². The average molecular weight is 360 g/mol. The largest absolute Gasteiger partial charge is 0.306 e. The fraction of sp³-hybridized carbons (Fsp3) is 0.222. The lowest BCUT2D eigenvalue weighted by molar-refractivity contribution is 0.638. The highest BCUT2D eigenvalue weighted by atomic mass is 79.9. The van der Waals surface area contributed by atoms with Gasteiger partial charge in [0.1, 0.15) is 0 Å². The monoisotopic (exact) mass is 359 g/mol. The maximum Gasteiger partial charge on any atom is 0.0682 e. The van der Waals surface area contributed by atoms with Crippen LogP contribution in [0.1, 0.15) is 28.3 Å². The summed E-state index contributed by atoms with van der Waals surface area (Å²) in [5.74, 6) is 0. The highest BCUT2D eigenvalue weighted by molar-refractivity contribution is 9.10. The van der Waals surface area contributed by atoms with Gasteiger partial charge in [0.15, 0.2) is 0 Å². The molecule has 1 aromatic heterocycles. The van der Waals surface area contributed by atoms with Crippen molar-refractivity contribution in [2.75, 3.05) is 6.54 Å². The second kappa shape index (κ2) is 6.30. The number of aryl methyl sites for hydroxylation is 1. The number of nitrogens with one attached hydrogen (secondary N) is 1. The van der Waals surface area contributed by atoms with Crippen molar-refractivity contribution in [1.82, 2.24) is 5.32 Å². The van der Waals surface area contributed by atoms with Crippen LogP contribution in [0.4, 0.5) is 0 Å². The average Bonchev–Trinajstić information content (AvgIpc) is 2.83. The summed E-state index contributed by atoms with van der Waals surface area (Å²) in [7, 11) is 0. The smallest absolute Gasteiger partial charge is 0.0682 e.